The molecule has 1 aliphatic carbocycles. The van der Waals surface area contributed by atoms with Crippen molar-refractivity contribution in [2.75, 3.05) is 6.54 Å². The van der Waals surface area contributed by atoms with Crippen LogP contribution in [0, 0.1) is 11.8 Å². The molecule has 0 radical (unpaired) electrons. The predicted octanol–water partition coefficient (Wildman–Crippen LogP) is 6.10. The van der Waals surface area contributed by atoms with Crippen molar-refractivity contribution in [3.05, 3.63) is 34.3 Å². The molecule has 1 aromatic carbocycles. The first kappa shape index (κ1) is 17.0. The highest BCUT2D eigenvalue weighted by molar-refractivity contribution is 9.10. The Hall–Kier alpha value is -0.340. The number of unbranched alkanes of at least 4 members (excludes halogenated alkanes) is 1. The van der Waals surface area contributed by atoms with Crippen molar-refractivity contribution in [3.63, 3.8) is 0 Å². The fourth-order valence-electron chi connectivity index (χ4n) is 3.75. The molecule has 1 nitrogen and oxygen atoms in total. The van der Waals surface area contributed by atoms with Crippen LogP contribution in [0.25, 0.3) is 0 Å². The number of hydrogen-bond donors (Lipinski definition) is 1. The molecule has 1 unspecified atom stereocenters. The summed E-state index contributed by atoms with van der Waals surface area (Å²) in [4.78, 5) is 0. The van der Waals surface area contributed by atoms with Gasteiger partial charge in [0.15, 0.2) is 0 Å². The Bertz CT molecular complexity index is 393. The van der Waals surface area contributed by atoms with E-state index < -0.39 is 0 Å². The summed E-state index contributed by atoms with van der Waals surface area (Å²) >= 11 is 3.54. The second-order valence-electron chi connectivity index (χ2n) is 6.51. The van der Waals surface area contributed by atoms with Gasteiger partial charge in [0.25, 0.3) is 0 Å². The van der Waals surface area contributed by atoms with E-state index in [2.05, 4.69) is 59.4 Å². The van der Waals surface area contributed by atoms with Crippen molar-refractivity contribution >= 4 is 15.9 Å². The summed E-state index contributed by atoms with van der Waals surface area (Å²) in [7, 11) is 0. The van der Waals surface area contributed by atoms with Gasteiger partial charge >= 0.3 is 0 Å². The lowest BCUT2D eigenvalue weighted by Crippen LogP contribution is -2.31. The fourth-order valence-corrected chi connectivity index (χ4v) is 4.01. The van der Waals surface area contributed by atoms with Gasteiger partial charge in [-0.05, 0) is 48.9 Å². The van der Waals surface area contributed by atoms with Crippen molar-refractivity contribution in [3.8, 4) is 0 Å². The Kier molecular flexibility index (Phi) is 7.25. The molecule has 1 atom stereocenters. The molecule has 0 aromatic heterocycles. The summed E-state index contributed by atoms with van der Waals surface area (Å²) in [6, 6.07) is 9.44. The molecule has 1 aliphatic rings. The largest absolute Gasteiger partial charge is 0.310 e. The second-order valence-corrected chi connectivity index (χ2v) is 7.43. The zero-order valence-corrected chi connectivity index (χ0v) is 15.2. The van der Waals surface area contributed by atoms with Crippen LogP contribution in [0.15, 0.2) is 28.7 Å². The molecular formula is C19H30BrN. The van der Waals surface area contributed by atoms with Gasteiger partial charge in [0.05, 0.1) is 0 Å². The molecule has 21 heavy (non-hydrogen) atoms. The molecule has 0 bridgehead atoms. The number of halogens is 1. The quantitative estimate of drug-likeness (QED) is 0.625. The Labute approximate surface area is 139 Å². The van der Waals surface area contributed by atoms with Crippen LogP contribution in [0.5, 0.6) is 0 Å². The lowest BCUT2D eigenvalue weighted by Gasteiger charge is -2.34. The van der Waals surface area contributed by atoms with Crippen molar-refractivity contribution in [1.82, 2.24) is 5.32 Å². The van der Waals surface area contributed by atoms with Crippen LogP contribution in [0.1, 0.15) is 70.4 Å². The molecule has 1 aromatic rings. The molecule has 2 rings (SSSR count). The molecular weight excluding hydrogens is 322 g/mol. The molecule has 1 fully saturated rings. The smallest absolute Gasteiger partial charge is 0.0348 e. The highest BCUT2D eigenvalue weighted by Gasteiger charge is 2.27. The minimum absolute atomic E-state index is 0.537. The van der Waals surface area contributed by atoms with E-state index in [1.807, 2.05) is 0 Å². The fraction of sp³-hybridized carbons (Fsp3) is 0.684. The Morgan fingerprint density at radius 1 is 1.10 bits per heavy atom. The number of rotatable bonds is 7. The standard InChI is InChI=1S/C19H30BrN/c1-3-5-6-15-7-9-16(10-8-15)19(21-4-2)17-11-13-18(20)14-12-17/h11-16,19,21H,3-10H2,1-2H3. The van der Waals surface area contributed by atoms with Gasteiger partial charge in [-0.25, -0.2) is 0 Å². The van der Waals surface area contributed by atoms with E-state index in [0.717, 1.165) is 18.4 Å². The first-order chi connectivity index (χ1) is 10.2. The van der Waals surface area contributed by atoms with E-state index in [1.54, 1.807) is 0 Å². The van der Waals surface area contributed by atoms with Crippen LogP contribution in [-0.2, 0) is 0 Å². The highest BCUT2D eigenvalue weighted by Crippen LogP contribution is 2.38. The SMILES string of the molecule is CCCCC1CCC(C(NCC)c2ccc(Br)cc2)CC1. The van der Waals surface area contributed by atoms with E-state index in [4.69, 9.17) is 0 Å². The maximum absolute atomic E-state index is 3.73. The average molecular weight is 352 g/mol. The van der Waals surface area contributed by atoms with E-state index in [9.17, 15) is 0 Å². The summed E-state index contributed by atoms with van der Waals surface area (Å²) in [5.74, 6) is 1.80. The second kappa shape index (κ2) is 8.95. The van der Waals surface area contributed by atoms with Crippen molar-refractivity contribution in [1.29, 1.82) is 0 Å². The zero-order valence-electron chi connectivity index (χ0n) is 13.6. The van der Waals surface area contributed by atoms with Crippen LogP contribution >= 0.6 is 15.9 Å². The molecule has 118 valence electrons. The van der Waals surface area contributed by atoms with Crippen LogP contribution in [0.4, 0.5) is 0 Å². The average Bonchev–Trinajstić information content (AvgIpc) is 2.52. The summed E-state index contributed by atoms with van der Waals surface area (Å²) in [6.45, 7) is 5.58. The molecule has 0 amide bonds. The lowest BCUT2D eigenvalue weighted by molar-refractivity contribution is 0.214. The minimum Gasteiger partial charge on any atom is -0.310 e. The summed E-state index contributed by atoms with van der Waals surface area (Å²) in [6.07, 6.45) is 9.86. The van der Waals surface area contributed by atoms with Gasteiger partial charge in [-0.15, -0.1) is 0 Å². The third-order valence-corrected chi connectivity index (χ3v) is 5.51. The van der Waals surface area contributed by atoms with Crippen LogP contribution < -0.4 is 5.32 Å². The van der Waals surface area contributed by atoms with Gasteiger partial charge in [0, 0.05) is 10.5 Å². The third kappa shape index (κ3) is 5.10. The number of nitrogens with one attached hydrogen (secondary N) is 1. The molecule has 2 heteroatoms. The molecule has 0 heterocycles. The molecule has 1 N–H and O–H groups in total. The number of hydrogen-bond acceptors (Lipinski definition) is 1. The Morgan fingerprint density at radius 2 is 1.76 bits per heavy atom. The van der Waals surface area contributed by atoms with Crippen molar-refractivity contribution in [2.24, 2.45) is 11.8 Å². The lowest BCUT2D eigenvalue weighted by atomic mass is 9.75. The summed E-state index contributed by atoms with van der Waals surface area (Å²) in [5.41, 5.74) is 1.46. The van der Waals surface area contributed by atoms with E-state index in [-0.39, 0.29) is 0 Å². The first-order valence-electron chi connectivity index (χ1n) is 8.73. The summed E-state index contributed by atoms with van der Waals surface area (Å²) < 4.78 is 1.17. The number of benzene rings is 1. The zero-order chi connectivity index (χ0) is 15.1. The molecule has 0 spiro atoms. The monoisotopic (exact) mass is 351 g/mol. The van der Waals surface area contributed by atoms with Crippen LogP contribution in [0.2, 0.25) is 0 Å². The maximum atomic E-state index is 3.73. The first-order valence-corrected chi connectivity index (χ1v) is 9.52. The van der Waals surface area contributed by atoms with Crippen molar-refractivity contribution < 1.29 is 0 Å². The molecule has 0 aliphatic heterocycles. The third-order valence-electron chi connectivity index (χ3n) is 4.98. The van der Waals surface area contributed by atoms with Crippen molar-refractivity contribution in [2.45, 2.75) is 64.8 Å². The Balaban J connectivity index is 1.95. The topological polar surface area (TPSA) is 12.0 Å². The predicted molar refractivity (Wildman–Crippen MR) is 95.5 cm³/mol. The molecule has 0 saturated heterocycles. The van der Waals surface area contributed by atoms with Gasteiger partial charge in [0.2, 0.25) is 0 Å². The summed E-state index contributed by atoms with van der Waals surface area (Å²) in [5, 5.41) is 3.73. The maximum Gasteiger partial charge on any atom is 0.0348 e. The van der Waals surface area contributed by atoms with Crippen LogP contribution in [0.3, 0.4) is 0 Å². The normalized spacial score (nSPS) is 24.0. The van der Waals surface area contributed by atoms with Gasteiger partial charge in [0.1, 0.15) is 0 Å². The van der Waals surface area contributed by atoms with Gasteiger partial charge in [-0.2, -0.15) is 0 Å². The van der Waals surface area contributed by atoms with E-state index in [0.29, 0.717) is 6.04 Å². The van der Waals surface area contributed by atoms with Gasteiger partial charge in [-0.1, -0.05) is 74.0 Å². The van der Waals surface area contributed by atoms with E-state index >= 15 is 0 Å². The van der Waals surface area contributed by atoms with Crippen LogP contribution in [-0.4, -0.2) is 6.54 Å². The Morgan fingerprint density at radius 3 is 2.33 bits per heavy atom. The minimum atomic E-state index is 0.537. The van der Waals surface area contributed by atoms with E-state index in [1.165, 1.54) is 55.0 Å². The van der Waals surface area contributed by atoms with Gasteiger partial charge < -0.3 is 5.32 Å². The molecule has 1 saturated carbocycles. The highest BCUT2D eigenvalue weighted by atomic mass is 79.9. The van der Waals surface area contributed by atoms with Gasteiger partial charge in [-0.3, -0.25) is 0 Å².